The zero-order chi connectivity index (χ0) is 19.4. The molecule has 27 heavy (non-hydrogen) atoms. The number of rotatable bonds is 5. The second kappa shape index (κ2) is 8.75. The van der Waals surface area contributed by atoms with Crippen LogP contribution < -0.4 is 0 Å². The van der Waals surface area contributed by atoms with Crippen molar-refractivity contribution in [2.75, 3.05) is 0 Å². The van der Waals surface area contributed by atoms with Crippen molar-refractivity contribution in [1.82, 2.24) is 0 Å². The van der Waals surface area contributed by atoms with Gasteiger partial charge in [0.25, 0.3) is 0 Å². The van der Waals surface area contributed by atoms with E-state index in [1.54, 1.807) is 11.8 Å². The lowest BCUT2D eigenvalue weighted by Crippen LogP contribution is -2.00. The topological polar surface area (TPSA) is 17.1 Å². The SMILES string of the molecule is C=C(S/C=C/Cc1cc(C)c(C)cc1C)c1ccc2c(c1)C(=O)CCCC2. The van der Waals surface area contributed by atoms with Crippen LogP contribution >= 0.6 is 11.8 Å². The lowest BCUT2D eigenvalue weighted by atomic mass is 9.99. The summed E-state index contributed by atoms with van der Waals surface area (Å²) in [5, 5.41) is 2.12. The van der Waals surface area contributed by atoms with Crippen molar-refractivity contribution < 1.29 is 4.79 Å². The molecule has 0 fully saturated rings. The molecule has 0 radical (unpaired) electrons. The maximum Gasteiger partial charge on any atom is 0.163 e. The molecule has 0 aromatic heterocycles. The normalized spacial score (nSPS) is 14.3. The van der Waals surface area contributed by atoms with Gasteiger partial charge in [-0.25, -0.2) is 0 Å². The molecule has 3 rings (SSSR count). The van der Waals surface area contributed by atoms with Gasteiger partial charge in [-0.15, -0.1) is 0 Å². The predicted molar refractivity (Wildman–Crippen MR) is 118 cm³/mol. The number of thioether (sulfide) groups is 1. The Morgan fingerprint density at radius 3 is 2.59 bits per heavy atom. The number of carbonyl (C=O) groups is 1. The monoisotopic (exact) mass is 376 g/mol. The Morgan fingerprint density at radius 2 is 1.78 bits per heavy atom. The van der Waals surface area contributed by atoms with Crippen LogP contribution in [0.25, 0.3) is 4.91 Å². The molecule has 1 aliphatic carbocycles. The number of hydrogen-bond donors (Lipinski definition) is 0. The first-order chi connectivity index (χ1) is 13.0. The highest BCUT2D eigenvalue weighted by atomic mass is 32.2. The number of fused-ring (bicyclic) bond motifs is 1. The van der Waals surface area contributed by atoms with Crippen LogP contribution in [0.15, 0.2) is 48.4 Å². The van der Waals surface area contributed by atoms with Crippen molar-refractivity contribution in [1.29, 1.82) is 0 Å². The third kappa shape index (κ3) is 4.81. The van der Waals surface area contributed by atoms with Crippen LogP contribution in [0.3, 0.4) is 0 Å². The molecule has 0 spiro atoms. The van der Waals surface area contributed by atoms with Crippen molar-refractivity contribution in [2.45, 2.75) is 52.9 Å². The van der Waals surface area contributed by atoms with E-state index in [0.717, 1.165) is 41.7 Å². The van der Waals surface area contributed by atoms with Crippen molar-refractivity contribution >= 4 is 22.5 Å². The van der Waals surface area contributed by atoms with Crippen LogP contribution in [0.2, 0.25) is 0 Å². The zero-order valence-electron chi connectivity index (χ0n) is 16.6. The van der Waals surface area contributed by atoms with Crippen molar-refractivity contribution in [2.24, 2.45) is 0 Å². The average molecular weight is 377 g/mol. The van der Waals surface area contributed by atoms with Crippen molar-refractivity contribution in [3.8, 4) is 0 Å². The van der Waals surface area contributed by atoms with Gasteiger partial charge in [0.1, 0.15) is 0 Å². The Bertz CT molecular complexity index is 905. The third-order valence-corrected chi connectivity index (χ3v) is 6.28. The van der Waals surface area contributed by atoms with Crippen LogP contribution in [0.4, 0.5) is 0 Å². The van der Waals surface area contributed by atoms with E-state index in [0.29, 0.717) is 6.42 Å². The lowest BCUT2D eigenvalue weighted by Gasteiger charge is -2.09. The fourth-order valence-corrected chi connectivity index (χ4v) is 4.20. The number of allylic oxidation sites excluding steroid dienone is 1. The van der Waals surface area contributed by atoms with Crippen LogP contribution in [0.1, 0.15) is 63.0 Å². The van der Waals surface area contributed by atoms with Gasteiger partial charge >= 0.3 is 0 Å². The van der Waals surface area contributed by atoms with E-state index in [9.17, 15) is 4.79 Å². The number of Topliss-reactive ketones (excluding diaryl/α,β-unsaturated/α-hetero) is 1. The minimum Gasteiger partial charge on any atom is -0.294 e. The van der Waals surface area contributed by atoms with Gasteiger partial charge in [0.2, 0.25) is 0 Å². The molecule has 0 bridgehead atoms. The standard InChI is InChI=1S/C25H28OS/c1-17-14-19(3)22(15-18(17)2)9-7-13-27-20(4)23-12-11-21-8-5-6-10-25(26)24(21)16-23/h7,11-16H,4-6,8-10H2,1-3H3/b13-7+. The fraction of sp³-hybridized carbons (Fsp3) is 0.320. The van der Waals surface area contributed by atoms with Gasteiger partial charge in [-0.3, -0.25) is 4.79 Å². The van der Waals surface area contributed by atoms with Crippen LogP contribution in [0.5, 0.6) is 0 Å². The van der Waals surface area contributed by atoms with Gasteiger partial charge in [0.15, 0.2) is 5.78 Å². The maximum absolute atomic E-state index is 12.3. The van der Waals surface area contributed by atoms with Crippen LogP contribution in [-0.2, 0) is 12.8 Å². The van der Waals surface area contributed by atoms with E-state index in [1.807, 2.05) is 6.07 Å². The van der Waals surface area contributed by atoms with Gasteiger partial charge < -0.3 is 0 Å². The second-order valence-electron chi connectivity index (χ2n) is 7.48. The largest absolute Gasteiger partial charge is 0.294 e. The molecule has 0 N–H and O–H groups in total. The minimum absolute atomic E-state index is 0.280. The summed E-state index contributed by atoms with van der Waals surface area (Å²) in [5.74, 6) is 0.280. The molecule has 1 nitrogen and oxygen atoms in total. The Labute approximate surface area is 167 Å². The van der Waals surface area contributed by atoms with E-state index in [-0.39, 0.29) is 5.78 Å². The summed E-state index contributed by atoms with van der Waals surface area (Å²) in [4.78, 5) is 13.3. The number of hydrogen-bond acceptors (Lipinski definition) is 2. The van der Waals surface area contributed by atoms with E-state index in [4.69, 9.17) is 0 Å². The van der Waals surface area contributed by atoms with Crippen LogP contribution in [-0.4, -0.2) is 5.78 Å². The second-order valence-corrected chi connectivity index (χ2v) is 8.48. The minimum atomic E-state index is 0.280. The molecule has 140 valence electrons. The summed E-state index contributed by atoms with van der Waals surface area (Å²) in [6, 6.07) is 10.8. The molecule has 1 aliphatic rings. The van der Waals surface area contributed by atoms with Gasteiger partial charge in [-0.05, 0) is 91.3 Å². The number of carbonyl (C=O) groups excluding carboxylic acids is 1. The van der Waals surface area contributed by atoms with Crippen molar-refractivity contribution in [3.05, 3.63) is 87.3 Å². The quantitative estimate of drug-likeness (QED) is 0.524. The first kappa shape index (κ1) is 19.7. The molecule has 0 heterocycles. The summed E-state index contributed by atoms with van der Waals surface area (Å²) < 4.78 is 0. The average Bonchev–Trinajstić information content (AvgIpc) is 2.83. The van der Waals surface area contributed by atoms with E-state index in [2.05, 4.69) is 63.1 Å². The Kier molecular flexibility index (Phi) is 6.38. The molecule has 0 unspecified atom stereocenters. The Balaban J connectivity index is 1.65. The van der Waals surface area contributed by atoms with Crippen LogP contribution in [0, 0.1) is 20.8 Å². The summed E-state index contributed by atoms with van der Waals surface area (Å²) >= 11 is 1.63. The van der Waals surface area contributed by atoms with E-state index < -0.39 is 0 Å². The summed E-state index contributed by atoms with van der Waals surface area (Å²) in [6.45, 7) is 10.7. The molecule has 0 saturated heterocycles. The highest BCUT2D eigenvalue weighted by molar-refractivity contribution is 8.10. The molecule has 2 aromatic carbocycles. The highest BCUT2D eigenvalue weighted by Gasteiger charge is 2.16. The summed E-state index contributed by atoms with van der Waals surface area (Å²) in [5.41, 5.74) is 8.56. The molecule has 2 aromatic rings. The van der Waals surface area contributed by atoms with Gasteiger partial charge in [-0.1, -0.05) is 48.7 Å². The first-order valence-electron chi connectivity index (χ1n) is 9.69. The molecule has 0 amide bonds. The fourth-order valence-electron chi connectivity index (χ4n) is 3.58. The third-order valence-electron chi connectivity index (χ3n) is 5.43. The summed E-state index contributed by atoms with van der Waals surface area (Å²) in [7, 11) is 0. The zero-order valence-corrected chi connectivity index (χ0v) is 17.4. The smallest absolute Gasteiger partial charge is 0.163 e. The molecule has 0 aliphatic heterocycles. The van der Waals surface area contributed by atoms with Gasteiger partial charge in [-0.2, -0.15) is 0 Å². The highest BCUT2D eigenvalue weighted by Crippen LogP contribution is 2.30. The lowest BCUT2D eigenvalue weighted by molar-refractivity contribution is 0.0982. The molecule has 2 heteroatoms. The Hall–Kier alpha value is -2.06. The number of aryl methyl sites for hydroxylation is 4. The summed E-state index contributed by atoms with van der Waals surface area (Å²) in [6.07, 6.45) is 6.91. The first-order valence-corrected chi connectivity index (χ1v) is 10.6. The van der Waals surface area contributed by atoms with E-state index in [1.165, 1.54) is 27.8 Å². The van der Waals surface area contributed by atoms with E-state index >= 15 is 0 Å². The van der Waals surface area contributed by atoms with Crippen molar-refractivity contribution in [3.63, 3.8) is 0 Å². The molecular weight excluding hydrogens is 348 g/mol. The maximum atomic E-state index is 12.3. The number of ketones is 1. The van der Waals surface area contributed by atoms with Gasteiger partial charge in [0.05, 0.1) is 0 Å². The molecule has 0 atom stereocenters. The molecule has 0 saturated carbocycles. The predicted octanol–water partition coefficient (Wildman–Crippen LogP) is 6.98. The van der Waals surface area contributed by atoms with Gasteiger partial charge in [0, 0.05) is 16.9 Å². The molecular formula is C25H28OS. The Morgan fingerprint density at radius 1 is 1.04 bits per heavy atom. The number of benzene rings is 2.